The summed E-state index contributed by atoms with van der Waals surface area (Å²) in [5, 5.41) is 5.25. The number of halogens is 2. The normalized spacial score (nSPS) is 12.2. The van der Waals surface area contributed by atoms with Crippen LogP contribution in [-0.2, 0) is 16.0 Å². The molecular formula is C20H22ClFN2O3. The third-order valence-electron chi connectivity index (χ3n) is 3.48. The van der Waals surface area contributed by atoms with Crippen LogP contribution in [0.25, 0.3) is 0 Å². The van der Waals surface area contributed by atoms with Gasteiger partial charge in [-0.3, -0.25) is 4.79 Å². The van der Waals surface area contributed by atoms with Gasteiger partial charge in [-0.2, -0.15) is 0 Å². The van der Waals surface area contributed by atoms with Gasteiger partial charge in [0.15, 0.2) is 0 Å². The van der Waals surface area contributed by atoms with Gasteiger partial charge in [-0.15, -0.1) is 0 Å². The molecule has 2 rings (SSSR count). The second-order valence-electron chi connectivity index (χ2n) is 7.00. The molecule has 144 valence electrons. The van der Waals surface area contributed by atoms with Crippen LogP contribution in [0.15, 0.2) is 48.5 Å². The van der Waals surface area contributed by atoms with Gasteiger partial charge in [0.2, 0.25) is 5.91 Å². The molecule has 0 bridgehead atoms. The van der Waals surface area contributed by atoms with E-state index in [2.05, 4.69) is 10.6 Å². The van der Waals surface area contributed by atoms with Crippen molar-refractivity contribution in [2.75, 3.05) is 5.32 Å². The smallest absolute Gasteiger partial charge is 0.408 e. The first-order valence-electron chi connectivity index (χ1n) is 8.43. The highest BCUT2D eigenvalue weighted by Gasteiger charge is 2.25. The van der Waals surface area contributed by atoms with Gasteiger partial charge in [0, 0.05) is 11.4 Å². The van der Waals surface area contributed by atoms with Gasteiger partial charge < -0.3 is 15.4 Å². The minimum atomic E-state index is -0.947. The van der Waals surface area contributed by atoms with Crippen LogP contribution in [-0.4, -0.2) is 23.6 Å². The second kappa shape index (κ2) is 8.86. The Balaban J connectivity index is 2.16. The Morgan fingerprint density at radius 3 is 2.41 bits per heavy atom. The molecule has 2 aromatic rings. The summed E-state index contributed by atoms with van der Waals surface area (Å²) in [5.74, 6) is -1.22. The molecule has 1 atom stereocenters. The Morgan fingerprint density at radius 1 is 1.15 bits per heavy atom. The zero-order chi connectivity index (χ0) is 20.0. The summed E-state index contributed by atoms with van der Waals surface area (Å²) in [4.78, 5) is 24.8. The zero-order valence-corrected chi connectivity index (χ0v) is 16.1. The second-order valence-corrected chi connectivity index (χ2v) is 7.44. The van der Waals surface area contributed by atoms with Crippen molar-refractivity contribution in [1.82, 2.24) is 5.32 Å². The Morgan fingerprint density at radius 2 is 1.81 bits per heavy atom. The fourth-order valence-corrected chi connectivity index (χ4v) is 2.48. The minimum Gasteiger partial charge on any atom is -0.444 e. The summed E-state index contributed by atoms with van der Waals surface area (Å²) >= 11 is 5.73. The van der Waals surface area contributed by atoms with E-state index in [1.807, 2.05) is 30.3 Å². The van der Waals surface area contributed by atoms with E-state index < -0.39 is 29.5 Å². The molecule has 27 heavy (non-hydrogen) atoms. The van der Waals surface area contributed by atoms with E-state index in [1.54, 1.807) is 20.8 Å². The number of alkyl carbamates (subject to hydrolysis) is 1. The molecule has 7 heteroatoms. The number of amides is 2. The van der Waals surface area contributed by atoms with E-state index in [4.69, 9.17) is 16.3 Å². The van der Waals surface area contributed by atoms with E-state index in [0.29, 0.717) is 0 Å². The molecular weight excluding hydrogens is 371 g/mol. The average molecular weight is 393 g/mol. The predicted molar refractivity (Wildman–Crippen MR) is 103 cm³/mol. The molecule has 0 spiro atoms. The standard InChI is InChI=1S/C20H22ClFN2O3/c1-20(2,3)27-19(26)24-17(11-13-7-5-4-6-8-13)18(25)23-16-10-9-14(21)12-15(16)22/h4-10,12,17H,11H2,1-3H3,(H,23,25)(H,24,26). The maximum Gasteiger partial charge on any atom is 0.408 e. The molecule has 0 radical (unpaired) electrons. The summed E-state index contributed by atoms with van der Waals surface area (Å²) in [6, 6.07) is 12.2. The van der Waals surface area contributed by atoms with Crippen molar-refractivity contribution in [3.63, 3.8) is 0 Å². The van der Waals surface area contributed by atoms with Crippen LogP contribution in [0.4, 0.5) is 14.9 Å². The van der Waals surface area contributed by atoms with Crippen molar-refractivity contribution >= 4 is 29.3 Å². The number of rotatable bonds is 5. The van der Waals surface area contributed by atoms with Crippen LogP contribution in [0, 0.1) is 5.82 Å². The van der Waals surface area contributed by atoms with Gasteiger partial charge in [0.1, 0.15) is 17.5 Å². The zero-order valence-electron chi connectivity index (χ0n) is 15.4. The number of hydrogen-bond donors (Lipinski definition) is 2. The quantitative estimate of drug-likeness (QED) is 0.784. The third kappa shape index (κ3) is 6.90. The molecule has 0 aliphatic heterocycles. The van der Waals surface area contributed by atoms with Crippen LogP contribution in [0.3, 0.4) is 0 Å². The van der Waals surface area contributed by atoms with Crippen LogP contribution in [0.1, 0.15) is 26.3 Å². The van der Waals surface area contributed by atoms with Gasteiger partial charge >= 0.3 is 6.09 Å². The topological polar surface area (TPSA) is 67.4 Å². The van der Waals surface area contributed by atoms with E-state index in [9.17, 15) is 14.0 Å². The molecule has 0 fully saturated rings. The van der Waals surface area contributed by atoms with Crippen LogP contribution in [0.2, 0.25) is 5.02 Å². The Bertz CT molecular complexity index is 807. The van der Waals surface area contributed by atoms with Gasteiger partial charge in [0.25, 0.3) is 0 Å². The highest BCUT2D eigenvalue weighted by atomic mass is 35.5. The molecule has 0 saturated carbocycles. The first-order chi connectivity index (χ1) is 12.6. The number of ether oxygens (including phenoxy) is 1. The van der Waals surface area contributed by atoms with E-state index in [0.717, 1.165) is 11.6 Å². The van der Waals surface area contributed by atoms with E-state index >= 15 is 0 Å². The number of carbonyl (C=O) groups is 2. The lowest BCUT2D eigenvalue weighted by Gasteiger charge is -2.23. The lowest BCUT2D eigenvalue weighted by atomic mass is 10.1. The first kappa shape index (κ1) is 20.7. The molecule has 1 unspecified atom stereocenters. The lowest BCUT2D eigenvalue weighted by Crippen LogP contribution is -2.47. The van der Waals surface area contributed by atoms with E-state index in [1.165, 1.54) is 12.1 Å². The average Bonchev–Trinajstić information content (AvgIpc) is 2.56. The Labute approximate surface area is 162 Å². The third-order valence-corrected chi connectivity index (χ3v) is 3.71. The molecule has 0 saturated heterocycles. The Kier molecular flexibility index (Phi) is 6.80. The number of carbonyl (C=O) groups excluding carboxylic acids is 2. The fourth-order valence-electron chi connectivity index (χ4n) is 2.32. The van der Waals surface area contributed by atoms with Crippen molar-refractivity contribution in [3.8, 4) is 0 Å². The molecule has 2 N–H and O–H groups in total. The first-order valence-corrected chi connectivity index (χ1v) is 8.81. The molecule has 2 aromatic carbocycles. The predicted octanol–water partition coefficient (Wildman–Crippen LogP) is 4.55. The van der Waals surface area contributed by atoms with Gasteiger partial charge in [0.05, 0.1) is 5.69 Å². The monoisotopic (exact) mass is 392 g/mol. The van der Waals surface area contributed by atoms with Crippen molar-refractivity contribution in [1.29, 1.82) is 0 Å². The van der Waals surface area contributed by atoms with Crippen LogP contribution in [0.5, 0.6) is 0 Å². The van der Waals surface area contributed by atoms with Crippen LogP contribution < -0.4 is 10.6 Å². The summed E-state index contributed by atoms with van der Waals surface area (Å²) < 4.78 is 19.2. The minimum absolute atomic E-state index is 0.0200. The molecule has 0 aromatic heterocycles. The number of anilines is 1. The highest BCUT2D eigenvalue weighted by Crippen LogP contribution is 2.19. The number of nitrogens with one attached hydrogen (secondary N) is 2. The summed E-state index contributed by atoms with van der Waals surface area (Å²) in [6.07, 6.45) is -0.503. The van der Waals surface area contributed by atoms with Crippen molar-refractivity contribution in [2.45, 2.75) is 38.8 Å². The largest absolute Gasteiger partial charge is 0.444 e. The summed E-state index contributed by atoms with van der Waals surface area (Å²) in [6.45, 7) is 5.17. The molecule has 0 heterocycles. The van der Waals surface area contributed by atoms with Crippen LogP contribution >= 0.6 is 11.6 Å². The molecule has 0 aliphatic rings. The van der Waals surface area contributed by atoms with Gasteiger partial charge in [-0.25, -0.2) is 9.18 Å². The maximum absolute atomic E-state index is 14.0. The number of benzene rings is 2. The molecule has 0 aliphatic carbocycles. The lowest BCUT2D eigenvalue weighted by molar-refractivity contribution is -0.118. The number of hydrogen-bond acceptors (Lipinski definition) is 3. The van der Waals surface area contributed by atoms with E-state index in [-0.39, 0.29) is 17.1 Å². The maximum atomic E-state index is 14.0. The highest BCUT2D eigenvalue weighted by molar-refractivity contribution is 6.30. The van der Waals surface area contributed by atoms with Gasteiger partial charge in [-0.1, -0.05) is 41.9 Å². The fraction of sp³-hybridized carbons (Fsp3) is 0.300. The summed E-state index contributed by atoms with van der Waals surface area (Å²) in [5.41, 5.74) is 0.110. The Hall–Kier alpha value is -2.60. The molecule has 5 nitrogen and oxygen atoms in total. The van der Waals surface area contributed by atoms with Gasteiger partial charge in [-0.05, 0) is 44.5 Å². The van der Waals surface area contributed by atoms with Crippen molar-refractivity contribution in [2.24, 2.45) is 0 Å². The van der Waals surface area contributed by atoms with Crippen molar-refractivity contribution < 1.29 is 18.7 Å². The molecule has 2 amide bonds. The SMILES string of the molecule is CC(C)(C)OC(=O)NC(Cc1ccccc1)C(=O)Nc1ccc(Cl)cc1F. The summed E-state index contributed by atoms with van der Waals surface area (Å²) in [7, 11) is 0. The van der Waals surface area contributed by atoms with Crippen molar-refractivity contribution in [3.05, 3.63) is 64.9 Å².